The Morgan fingerprint density at radius 3 is 2.50 bits per heavy atom. The molecular formula is C17H18INO. The molecule has 20 heavy (non-hydrogen) atoms. The topological polar surface area (TPSA) is 29.1 Å². The van der Waals surface area contributed by atoms with E-state index in [0.717, 1.165) is 21.1 Å². The summed E-state index contributed by atoms with van der Waals surface area (Å²) in [7, 11) is 0. The number of halogens is 1. The maximum Gasteiger partial charge on any atom is 0.251 e. The molecule has 1 unspecified atom stereocenters. The van der Waals surface area contributed by atoms with Gasteiger partial charge >= 0.3 is 0 Å². The van der Waals surface area contributed by atoms with Gasteiger partial charge in [-0.1, -0.05) is 43.3 Å². The van der Waals surface area contributed by atoms with Crippen LogP contribution in [0.5, 0.6) is 0 Å². The molecule has 3 heteroatoms. The summed E-state index contributed by atoms with van der Waals surface area (Å²) in [6, 6.07) is 15.9. The van der Waals surface area contributed by atoms with Crippen LogP contribution in [-0.4, -0.2) is 5.91 Å². The van der Waals surface area contributed by atoms with Gasteiger partial charge in [-0.3, -0.25) is 4.79 Å². The fourth-order valence-corrected chi connectivity index (χ4v) is 2.60. The average Bonchev–Trinajstić information content (AvgIpc) is 2.48. The molecule has 2 rings (SSSR count). The van der Waals surface area contributed by atoms with Crippen LogP contribution in [0.2, 0.25) is 0 Å². The van der Waals surface area contributed by atoms with Crippen molar-refractivity contribution in [1.82, 2.24) is 5.32 Å². The number of amides is 1. The van der Waals surface area contributed by atoms with Crippen molar-refractivity contribution < 1.29 is 4.79 Å². The highest BCUT2D eigenvalue weighted by molar-refractivity contribution is 14.1. The van der Waals surface area contributed by atoms with Gasteiger partial charge in [0.2, 0.25) is 0 Å². The van der Waals surface area contributed by atoms with Crippen molar-refractivity contribution in [3.05, 3.63) is 68.8 Å². The Morgan fingerprint density at radius 1 is 1.20 bits per heavy atom. The van der Waals surface area contributed by atoms with Crippen LogP contribution in [0, 0.1) is 10.5 Å². The molecule has 0 saturated heterocycles. The Hall–Kier alpha value is -1.36. The largest absolute Gasteiger partial charge is 0.345 e. The normalized spacial score (nSPS) is 11.9. The number of aryl methyl sites for hydroxylation is 1. The zero-order chi connectivity index (χ0) is 14.5. The van der Waals surface area contributed by atoms with E-state index in [1.165, 1.54) is 5.56 Å². The smallest absolute Gasteiger partial charge is 0.251 e. The lowest BCUT2D eigenvalue weighted by atomic mass is 10.0. The SMILES string of the molecule is CCC(NC(=O)c1ccc(C)c(I)c1)c1ccccc1. The Kier molecular flexibility index (Phi) is 5.17. The van der Waals surface area contributed by atoms with Gasteiger partial charge in [0.25, 0.3) is 5.91 Å². The first-order valence-corrected chi connectivity index (χ1v) is 7.81. The van der Waals surface area contributed by atoms with Crippen molar-refractivity contribution >= 4 is 28.5 Å². The molecule has 2 aromatic rings. The summed E-state index contributed by atoms with van der Waals surface area (Å²) in [5.74, 6) is -0.0152. The monoisotopic (exact) mass is 379 g/mol. The van der Waals surface area contributed by atoms with Crippen LogP contribution < -0.4 is 5.32 Å². The predicted molar refractivity (Wildman–Crippen MR) is 90.8 cm³/mol. The molecule has 0 aliphatic rings. The van der Waals surface area contributed by atoms with Gasteiger partial charge in [0.05, 0.1) is 6.04 Å². The summed E-state index contributed by atoms with van der Waals surface area (Å²) in [5.41, 5.74) is 3.05. The van der Waals surface area contributed by atoms with Crippen LogP contribution >= 0.6 is 22.6 Å². The Labute approximate surface area is 133 Å². The highest BCUT2D eigenvalue weighted by Crippen LogP contribution is 2.18. The zero-order valence-electron chi connectivity index (χ0n) is 11.7. The summed E-state index contributed by atoms with van der Waals surface area (Å²) < 4.78 is 1.11. The molecule has 0 aliphatic heterocycles. The minimum atomic E-state index is -0.0152. The first-order chi connectivity index (χ1) is 9.61. The Balaban J connectivity index is 2.15. The summed E-state index contributed by atoms with van der Waals surface area (Å²) in [5, 5.41) is 3.10. The van der Waals surface area contributed by atoms with Crippen molar-refractivity contribution in [1.29, 1.82) is 0 Å². The molecule has 2 aromatic carbocycles. The molecule has 2 nitrogen and oxygen atoms in total. The van der Waals surface area contributed by atoms with E-state index in [4.69, 9.17) is 0 Å². The maximum atomic E-state index is 12.3. The molecule has 1 atom stereocenters. The molecule has 1 amide bonds. The minimum absolute atomic E-state index is 0.0152. The fraction of sp³-hybridized carbons (Fsp3) is 0.235. The van der Waals surface area contributed by atoms with Gasteiger partial charge in [-0.05, 0) is 59.2 Å². The Morgan fingerprint density at radius 2 is 1.90 bits per heavy atom. The average molecular weight is 379 g/mol. The lowest BCUT2D eigenvalue weighted by Crippen LogP contribution is -2.28. The summed E-state index contributed by atoms with van der Waals surface area (Å²) in [6.07, 6.45) is 0.874. The molecule has 0 bridgehead atoms. The third-order valence-corrected chi connectivity index (χ3v) is 4.51. The number of rotatable bonds is 4. The highest BCUT2D eigenvalue weighted by atomic mass is 127. The van der Waals surface area contributed by atoms with E-state index in [9.17, 15) is 4.79 Å². The van der Waals surface area contributed by atoms with E-state index < -0.39 is 0 Å². The van der Waals surface area contributed by atoms with Gasteiger partial charge < -0.3 is 5.32 Å². The zero-order valence-corrected chi connectivity index (χ0v) is 13.8. The van der Waals surface area contributed by atoms with Gasteiger partial charge in [0, 0.05) is 9.13 Å². The quantitative estimate of drug-likeness (QED) is 0.780. The van der Waals surface area contributed by atoms with Crippen LogP contribution in [0.15, 0.2) is 48.5 Å². The first kappa shape index (κ1) is 15.0. The third-order valence-electron chi connectivity index (χ3n) is 3.35. The number of hydrogen-bond acceptors (Lipinski definition) is 1. The lowest BCUT2D eigenvalue weighted by molar-refractivity contribution is 0.0935. The van der Waals surface area contributed by atoms with Crippen LogP contribution in [0.3, 0.4) is 0 Å². The van der Waals surface area contributed by atoms with Gasteiger partial charge in [-0.15, -0.1) is 0 Å². The van der Waals surface area contributed by atoms with E-state index >= 15 is 0 Å². The van der Waals surface area contributed by atoms with Crippen molar-refractivity contribution in [3.63, 3.8) is 0 Å². The fourth-order valence-electron chi connectivity index (χ4n) is 2.08. The number of carbonyl (C=O) groups is 1. The van der Waals surface area contributed by atoms with Crippen LogP contribution in [0.4, 0.5) is 0 Å². The van der Waals surface area contributed by atoms with Crippen molar-refractivity contribution in [2.75, 3.05) is 0 Å². The highest BCUT2D eigenvalue weighted by Gasteiger charge is 2.14. The molecule has 0 heterocycles. The van der Waals surface area contributed by atoms with E-state index in [0.29, 0.717) is 0 Å². The van der Waals surface area contributed by atoms with E-state index in [1.807, 2.05) is 55.5 Å². The second-order valence-electron chi connectivity index (χ2n) is 4.81. The number of hydrogen-bond donors (Lipinski definition) is 1. The van der Waals surface area contributed by atoms with E-state index in [1.54, 1.807) is 0 Å². The second-order valence-corrected chi connectivity index (χ2v) is 5.97. The lowest BCUT2D eigenvalue weighted by Gasteiger charge is -2.17. The van der Waals surface area contributed by atoms with Crippen LogP contribution in [0.25, 0.3) is 0 Å². The molecule has 0 radical (unpaired) electrons. The van der Waals surface area contributed by atoms with Gasteiger partial charge in [0.15, 0.2) is 0 Å². The van der Waals surface area contributed by atoms with Crippen molar-refractivity contribution in [2.45, 2.75) is 26.3 Å². The summed E-state index contributed by atoms with van der Waals surface area (Å²) >= 11 is 2.26. The Bertz CT molecular complexity index is 595. The molecule has 104 valence electrons. The summed E-state index contributed by atoms with van der Waals surface area (Å²) in [4.78, 5) is 12.3. The molecule has 0 fully saturated rings. The number of benzene rings is 2. The third kappa shape index (κ3) is 3.60. The van der Waals surface area contributed by atoms with Crippen molar-refractivity contribution in [3.8, 4) is 0 Å². The second kappa shape index (κ2) is 6.88. The van der Waals surface area contributed by atoms with Crippen molar-refractivity contribution in [2.24, 2.45) is 0 Å². The van der Waals surface area contributed by atoms with Gasteiger partial charge in [-0.2, -0.15) is 0 Å². The molecule has 1 N–H and O–H groups in total. The number of nitrogens with one attached hydrogen (secondary N) is 1. The van der Waals surface area contributed by atoms with E-state index in [-0.39, 0.29) is 11.9 Å². The summed E-state index contributed by atoms with van der Waals surface area (Å²) in [6.45, 7) is 4.12. The maximum absolute atomic E-state index is 12.3. The van der Waals surface area contributed by atoms with Gasteiger partial charge in [-0.25, -0.2) is 0 Å². The standard InChI is InChI=1S/C17H18INO/c1-3-16(13-7-5-4-6-8-13)19-17(20)14-10-9-12(2)15(18)11-14/h4-11,16H,3H2,1-2H3,(H,19,20). The molecule has 0 spiro atoms. The molecule has 0 saturated carbocycles. The molecular weight excluding hydrogens is 361 g/mol. The first-order valence-electron chi connectivity index (χ1n) is 6.73. The molecule has 0 aromatic heterocycles. The predicted octanol–water partition coefficient (Wildman–Crippen LogP) is 4.48. The number of carbonyl (C=O) groups excluding carboxylic acids is 1. The van der Waals surface area contributed by atoms with E-state index in [2.05, 4.69) is 34.8 Å². The van der Waals surface area contributed by atoms with Gasteiger partial charge in [0.1, 0.15) is 0 Å². The molecule has 0 aliphatic carbocycles. The minimum Gasteiger partial charge on any atom is -0.345 e. The van der Waals surface area contributed by atoms with Crippen LogP contribution in [-0.2, 0) is 0 Å². The van der Waals surface area contributed by atoms with Crippen LogP contribution in [0.1, 0.15) is 40.9 Å².